The number of para-hydroxylation sites is 2. The Bertz CT molecular complexity index is 1270. The number of aryl methyl sites for hydroxylation is 2. The summed E-state index contributed by atoms with van der Waals surface area (Å²) in [7, 11) is 0. The molecule has 0 unspecified atom stereocenters. The Kier molecular flexibility index (Phi) is 6.03. The monoisotopic (exact) mass is 425 g/mol. The number of nitrogens with zero attached hydrogens (tertiary/aromatic N) is 4. The molecule has 32 heavy (non-hydrogen) atoms. The van der Waals surface area contributed by atoms with Gasteiger partial charge in [-0.05, 0) is 58.0 Å². The minimum atomic E-state index is -0.150. The van der Waals surface area contributed by atoms with Crippen molar-refractivity contribution in [2.75, 3.05) is 0 Å². The van der Waals surface area contributed by atoms with Gasteiger partial charge >= 0.3 is 0 Å². The molecular weight excluding hydrogens is 398 g/mol. The molecule has 0 radical (unpaired) electrons. The number of hydrogen-bond donors (Lipinski definition) is 1. The van der Waals surface area contributed by atoms with Gasteiger partial charge in [-0.15, -0.1) is 0 Å². The van der Waals surface area contributed by atoms with Crippen LogP contribution in [-0.2, 0) is 11.3 Å². The van der Waals surface area contributed by atoms with E-state index in [4.69, 9.17) is 0 Å². The number of carbonyl (C=O) groups excluding carboxylic acids is 1. The Morgan fingerprint density at radius 2 is 1.34 bits per heavy atom. The SMILES string of the molecule is Cc1nn(-c2ccccc2)c(C)c1/C=C/C(=O)NCc1c(C)nn(-c2ccccc2)c1C. The Morgan fingerprint density at radius 3 is 1.94 bits per heavy atom. The minimum Gasteiger partial charge on any atom is -0.348 e. The molecule has 162 valence electrons. The maximum Gasteiger partial charge on any atom is 0.244 e. The largest absolute Gasteiger partial charge is 0.348 e. The van der Waals surface area contributed by atoms with Crippen molar-refractivity contribution in [3.8, 4) is 11.4 Å². The van der Waals surface area contributed by atoms with Gasteiger partial charge in [0.15, 0.2) is 0 Å². The lowest BCUT2D eigenvalue weighted by Crippen LogP contribution is -2.21. The van der Waals surface area contributed by atoms with Crippen molar-refractivity contribution in [1.29, 1.82) is 0 Å². The molecule has 0 aliphatic carbocycles. The summed E-state index contributed by atoms with van der Waals surface area (Å²) in [6.07, 6.45) is 3.40. The number of hydrogen-bond acceptors (Lipinski definition) is 3. The average Bonchev–Trinajstić information content (AvgIpc) is 3.26. The second-order valence-electron chi connectivity index (χ2n) is 7.78. The lowest BCUT2D eigenvalue weighted by Gasteiger charge is -2.06. The van der Waals surface area contributed by atoms with Gasteiger partial charge in [0, 0.05) is 35.1 Å². The molecule has 4 rings (SSSR count). The summed E-state index contributed by atoms with van der Waals surface area (Å²) in [5, 5.41) is 12.3. The Hall–Kier alpha value is -3.93. The van der Waals surface area contributed by atoms with E-state index < -0.39 is 0 Å². The summed E-state index contributed by atoms with van der Waals surface area (Å²) in [5.74, 6) is -0.150. The van der Waals surface area contributed by atoms with Crippen LogP contribution in [0.5, 0.6) is 0 Å². The van der Waals surface area contributed by atoms with E-state index >= 15 is 0 Å². The molecule has 0 fully saturated rings. The van der Waals surface area contributed by atoms with Gasteiger partial charge in [0.1, 0.15) is 0 Å². The number of benzene rings is 2. The fourth-order valence-electron chi connectivity index (χ4n) is 3.86. The number of nitrogens with one attached hydrogen (secondary N) is 1. The zero-order valence-electron chi connectivity index (χ0n) is 18.8. The Morgan fingerprint density at radius 1 is 0.812 bits per heavy atom. The molecule has 6 heteroatoms. The maximum atomic E-state index is 12.5. The van der Waals surface area contributed by atoms with Crippen LogP contribution in [0.2, 0.25) is 0 Å². The summed E-state index contributed by atoms with van der Waals surface area (Å²) >= 11 is 0. The van der Waals surface area contributed by atoms with Gasteiger partial charge in [-0.25, -0.2) is 9.36 Å². The molecule has 0 aliphatic heterocycles. The summed E-state index contributed by atoms with van der Waals surface area (Å²) < 4.78 is 3.81. The fourth-order valence-corrected chi connectivity index (χ4v) is 3.86. The van der Waals surface area contributed by atoms with Crippen LogP contribution in [0, 0.1) is 27.7 Å². The van der Waals surface area contributed by atoms with Crippen molar-refractivity contribution in [2.24, 2.45) is 0 Å². The molecule has 4 aromatic rings. The topological polar surface area (TPSA) is 64.7 Å². The molecule has 2 aromatic carbocycles. The average molecular weight is 426 g/mol. The first-order valence-corrected chi connectivity index (χ1v) is 10.6. The summed E-state index contributed by atoms with van der Waals surface area (Å²) in [6, 6.07) is 20.0. The lowest BCUT2D eigenvalue weighted by atomic mass is 10.1. The number of carbonyl (C=O) groups is 1. The van der Waals surface area contributed by atoms with Gasteiger partial charge in [0.25, 0.3) is 0 Å². The van der Waals surface area contributed by atoms with Crippen molar-refractivity contribution in [3.05, 3.63) is 101 Å². The second kappa shape index (κ2) is 9.06. The summed E-state index contributed by atoms with van der Waals surface area (Å²) in [4.78, 5) is 12.5. The van der Waals surface area contributed by atoms with E-state index in [0.717, 1.165) is 45.3 Å². The second-order valence-corrected chi connectivity index (χ2v) is 7.78. The van der Waals surface area contributed by atoms with Crippen LogP contribution in [0.1, 0.15) is 33.9 Å². The quantitative estimate of drug-likeness (QED) is 0.459. The molecule has 0 bridgehead atoms. The van der Waals surface area contributed by atoms with Crippen molar-refractivity contribution >= 4 is 12.0 Å². The number of aromatic nitrogens is 4. The van der Waals surface area contributed by atoms with Crippen molar-refractivity contribution in [1.82, 2.24) is 24.9 Å². The molecule has 1 N–H and O–H groups in total. The first-order valence-electron chi connectivity index (χ1n) is 10.6. The molecule has 0 saturated carbocycles. The van der Waals surface area contributed by atoms with E-state index in [9.17, 15) is 4.79 Å². The highest BCUT2D eigenvalue weighted by Gasteiger charge is 2.14. The molecule has 0 spiro atoms. The highest BCUT2D eigenvalue weighted by atomic mass is 16.1. The van der Waals surface area contributed by atoms with Gasteiger partial charge < -0.3 is 5.32 Å². The standard InChI is InChI=1S/C26H27N5O/c1-18-24(20(3)30(28-18)22-11-7-5-8-12-22)15-16-26(32)27-17-25-19(2)29-31(21(25)4)23-13-9-6-10-14-23/h5-16H,17H2,1-4H3,(H,27,32)/b16-15+. The van der Waals surface area contributed by atoms with Crippen molar-refractivity contribution < 1.29 is 4.79 Å². The molecule has 2 aromatic heterocycles. The van der Waals surface area contributed by atoms with Crippen LogP contribution in [0.15, 0.2) is 66.7 Å². The first kappa shape index (κ1) is 21.3. The summed E-state index contributed by atoms with van der Waals surface area (Å²) in [5.41, 5.74) is 7.79. The van der Waals surface area contributed by atoms with E-state index in [-0.39, 0.29) is 5.91 Å². The lowest BCUT2D eigenvalue weighted by molar-refractivity contribution is -0.116. The normalized spacial score (nSPS) is 11.2. The van der Waals surface area contributed by atoms with Gasteiger partial charge in [-0.1, -0.05) is 36.4 Å². The molecule has 2 heterocycles. The highest BCUT2D eigenvalue weighted by Crippen LogP contribution is 2.20. The highest BCUT2D eigenvalue weighted by molar-refractivity contribution is 5.92. The maximum absolute atomic E-state index is 12.5. The molecule has 1 amide bonds. The van der Waals surface area contributed by atoms with Crippen LogP contribution in [-0.4, -0.2) is 25.5 Å². The Labute approximate surface area is 188 Å². The van der Waals surface area contributed by atoms with Crippen LogP contribution < -0.4 is 5.32 Å². The molecule has 6 nitrogen and oxygen atoms in total. The van der Waals surface area contributed by atoms with Crippen LogP contribution in [0.3, 0.4) is 0 Å². The van der Waals surface area contributed by atoms with E-state index in [1.165, 1.54) is 0 Å². The van der Waals surface area contributed by atoms with E-state index in [0.29, 0.717) is 6.54 Å². The third-order valence-electron chi connectivity index (χ3n) is 5.63. The molecule has 0 saturated heterocycles. The smallest absolute Gasteiger partial charge is 0.244 e. The zero-order valence-corrected chi connectivity index (χ0v) is 18.8. The van der Waals surface area contributed by atoms with Crippen LogP contribution in [0.25, 0.3) is 17.5 Å². The fraction of sp³-hybridized carbons (Fsp3) is 0.192. The van der Waals surface area contributed by atoms with Crippen molar-refractivity contribution in [3.63, 3.8) is 0 Å². The van der Waals surface area contributed by atoms with Crippen LogP contribution >= 0.6 is 0 Å². The molecule has 0 atom stereocenters. The Balaban J connectivity index is 1.47. The molecular formula is C26H27N5O. The number of rotatable bonds is 6. The third kappa shape index (κ3) is 4.25. The van der Waals surface area contributed by atoms with Crippen molar-refractivity contribution in [2.45, 2.75) is 34.2 Å². The van der Waals surface area contributed by atoms with Crippen LogP contribution in [0.4, 0.5) is 0 Å². The van der Waals surface area contributed by atoms with E-state index in [1.807, 2.05) is 104 Å². The predicted molar refractivity (Wildman–Crippen MR) is 127 cm³/mol. The number of amides is 1. The van der Waals surface area contributed by atoms with E-state index in [1.54, 1.807) is 6.08 Å². The van der Waals surface area contributed by atoms with Gasteiger partial charge in [-0.2, -0.15) is 10.2 Å². The predicted octanol–water partition coefficient (Wildman–Crippen LogP) is 4.62. The zero-order chi connectivity index (χ0) is 22.7. The molecule has 0 aliphatic rings. The van der Waals surface area contributed by atoms with Gasteiger partial charge in [0.05, 0.1) is 22.8 Å². The van der Waals surface area contributed by atoms with E-state index in [2.05, 4.69) is 15.5 Å². The minimum absolute atomic E-state index is 0.150. The first-order chi connectivity index (χ1) is 15.5. The third-order valence-corrected chi connectivity index (χ3v) is 5.63. The van der Waals surface area contributed by atoms with Gasteiger partial charge in [-0.3, -0.25) is 4.79 Å². The van der Waals surface area contributed by atoms with Gasteiger partial charge in [0.2, 0.25) is 5.91 Å². The summed E-state index contributed by atoms with van der Waals surface area (Å²) in [6.45, 7) is 8.38.